The molecule has 0 bridgehead atoms. The topological polar surface area (TPSA) is 63.3 Å². The number of thiazole rings is 1. The number of nitrogens with zero attached hydrogens (tertiary/aromatic N) is 2. The lowest BCUT2D eigenvalue weighted by atomic mass is 9.96. The maximum Gasteiger partial charge on any atom is 0.188 e. The van der Waals surface area contributed by atoms with Crippen molar-refractivity contribution in [1.82, 2.24) is 10.3 Å². The fraction of sp³-hybridized carbons (Fsp3) is 0.714. The van der Waals surface area contributed by atoms with Gasteiger partial charge in [-0.15, -0.1) is 11.3 Å². The number of aryl methyl sites for hydroxylation is 1. The summed E-state index contributed by atoms with van der Waals surface area (Å²) in [5.41, 5.74) is 7.06. The first-order valence-electron chi connectivity index (χ1n) is 7.27. The Morgan fingerprint density at radius 3 is 2.95 bits per heavy atom. The molecule has 5 heteroatoms. The van der Waals surface area contributed by atoms with Crippen LogP contribution in [-0.4, -0.2) is 23.5 Å². The average Bonchev–Trinajstić information content (AvgIpc) is 2.88. The minimum absolute atomic E-state index is 0.531. The van der Waals surface area contributed by atoms with Crippen LogP contribution in [0.4, 0.5) is 0 Å². The van der Waals surface area contributed by atoms with Crippen LogP contribution in [0.5, 0.6) is 0 Å². The standard InChI is InChI=1S/C14H24N4S/c1-2-13-17-12(10-19-13)8-9-16-14(15)18-11-6-4-3-5-7-11/h10-11H,2-9H2,1H3,(H3,15,16,18). The van der Waals surface area contributed by atoms with Crippen LogP contribution in [0.1, 0.15) is 49.7 Å². The molecular formula is C14H24N4S. The van der Waals surface area contributed by atoms with Gasteiger partial charge in [0.15, 0.2) is 5.96 Å². The number of aromatic nitrogens is 1. The van der Waals surface area contributed by atoms with Gasteiger partial charge in [-0.3, -0.25) is 4.99 Å². The molecule has 0 unspecified atom stereocenters. The molecule has 0 atom stereocenters. The Kier molecular flexibility index (Phi) is 5.63. The van der Waals surface area contributed by atoms with Gasteiger partial charge in [-0.05, 0) is 19.3 Å². The first-order valence-corrected chi connectivity index (χ1v) is 8.15. The normalized spacial score (nSPS) is 17.6. The van der Waals surface area contributed by atoms with E-state index in [9.17, 15) is 0 Å². The summed E-state index contributed by atoms with van der Waals surface area (Å²) in [6.07, 6.45) is 8.32. The van der Waals surface area contributed by atoms with Crippen LogP contribution >= 0.6 is 11.3 Å². The Morgan fingerprint density at radius 1 is 1.47 bits per heavy atom. The lowest BCUT2D eigenvalue weighted by molar-refractivity contribution is 0.412. The van der Waals surface area contributed by atoms with Crippen molar-refractivity contribution in [2.75, 3.05) is 6.54 Å². The summed E-state index contributed by atoms with van der Waals surface area (Å²) in [5, 5.41) is 6.66. The minimum Gasteiger partial charge on any atom is -0.370 e. The van der Waals surface area contributed by atoms with Crippen LogP contribution < -0.4 is 11.1 Å². The zero-order chi connectivity index (χ0) is 13.5. The van der Waals surface area contributed by atoms with Crippen LogP contribution in [0.2, 0.25) is 0 Å². The highest BCUT2D eigenvalue weighted by atomic mass is 32.1. The van der Waals surface area contributed by atoms with E-state index in [1.165, 1.54) is 37.1 Å². The molecular weight excluding hydrogens is 256 g/mol. The fourth-order valence-electron chi connectivity index (χ4n) is 2.42. The highest BCUT2D eigenvalue weighted by molar-refractivity contribution is 7.09. The average molecular weight is 280 g/mol. The lowest BCUT2D eigenvalue weighted by Crippen LogP contribution is -2.41. The lowest BCUT2D eigenvalue weighted by Gasteiger charge is -2.23. The predicted octanol–water partition coefficient (Wildman–Crippen LogP) is 2.49. The zero-order valence-corrected chi connectivity index (χ0v) is 12.5. The third-order valence-corrected chi connectivity index (χ3v) is 4.55. The second kappa shape index (κ2) is 7.48. The largest absolute Gasteiger partial charge is 0.370 e. The van der Waals surface area contributed by atoms with Crippen molar-refractivity contribution in [3.63, 3.8) is 0 Å². The molecule has 106 valence electrons. The molecule has 0 saturated heterocycles. The first-order chi connectivity index (χ1) is 9.28. The molecule has 0 amide bonds. The molecule has 1 heterocycles. The smallest absolute Gasteiger partial charge is 0.188 e. The van der Waals surface area contributed by atoms with Gasteiger partial charge >= 0.3 is 0 Å². The van der Waals surface area contributed by atoms with Gasteiger partial charge in [-0.1, -0.05) is 26.2 Å². The van der Waals surface area contributed by atoms with E-state index in [1.807, 2.05) is 0 Å². The molecule has 1 fully saturated rings. The predicted molar refractivity (Wildman–Crippen MR) is 81.7 cm³/mol. The van der Waals surface area contributed by atoms with Gasteiger partial charge < -0.3 is 11.1 Å². The van der Waals surface area contributed by atoms with E-state index in [0.29, 0.717) is 12.0 Å². The highest BCUT2D eigenvalue weighted by Gasteiger charge is 2.13. The van der Waals surface area contributed by atoms with E-state index in [1.54, 1.807) is 11.3 Å². The van der Waals surface area contributed by atoms with Gasteiger partial charge in [0.2, 0.25) is 0 Å². The van der Waals surface area contributed by atoms with Gasteiger partial charge in [0.05, 0.1) is 10.7 Å². The fourth-order valence-corrected chi connectivity index (χ4v) is 3.20. The number of guanidine groups is 1. The number of rotatable bonds is 5. The molecule has 0 aliphatic heterocycles. The van der Waals surface area contributed by atoms with Crippen molar-refractivity contribution in [2.45, 2.75) is 57.9 Å². The van der Waals surface area contributed by atoms with Gasteiger partial charge in [0.25, 0.3) is 0 Å². The summed E-state index contributed by atoms with van der Waals surface area (Å²) in [5.74, 6) is 0.595. The molecule has 0 spiro atoms. The second-order valence-corrected chi connectivity index (χ2v) is 6.03. The molecule has 1 aliphatic carbocycles. The van der Waals surface area contributed by atoms with Gasteiger partial charge in [0.1, 0.15) is 0 Å². The summed E-state index contributed by atoms with van der Waals surface area (Å²) < 4.78 is 0. The molecule has 4 nitrogen and oxygen atoms in total. The van der Waals surface area contributed by atoms with E-state index in [0.717, 1.165) is 25.1 Å². The molecule has 1 aliphatic rings. The maximum absolute atomic E-state index is 5.92. The van der Waals surface area contributed by atoms with Crippen LogP contribution in [0.15, 0.2) is 10.4 Å². The van der Waals surface area contributed by atoms with Gasteiger partial charge in [-0.25, -0.2) is 4.98 Å². The summed E-state index contributed by atoms with van der Waals surface area (Å²) in [4.78, 5) is 8.93. The SMILES string of the molecule is CCc1nc(CCN=C(N)NC2CCCCC2)cs1. The Bertz CT molecular complexity index is 407. The van der Waals surface area contributed by atoms with Gasteiger partial charge in [-0.2, -0.15) is 0 Å². The first kappa shape index (κ1) is 14.3. The summed E-state index contributed by atoms with van der Waals surface area (Å²) in [6.45, 7) is 2.85. The molecule has 3 N–H and O–H groups in total. The van der Waals surface area contributed by atoms with E-state index >= 15 is 0 Å². The van der Waals surface area contributed by atoms with E-state index in [2.05, 4.69) is 27.6 Å². The number of hydrogen-bond donors (Lipinski definition) is 2. The summed E-state index contributed by atoms with van der Waals surface area (Å²) >= 11 is 1.73. The van der Waals surface area contributed by atoms with Crippen molar-refractivity contribution in [1.29, 1.82) is 0 Å². The molecule has 1 saturated carbocycles. The molecule has 2 rings (SSSR count). The Balaban J connectivity index is 1.71. The number of nitrogens with one attached hydrogen (secondary N) is 1. The maximum atomic E-state index is 5.92. The summed E-state index contributed by atoms with van der Waals surface area (Å²) in [6, 6.07) is 0.531. The molecule has 0 radical (unpaired) electrons. The Morgan fingerprint density at radius 2 is 2.26 bits per heavy atom. The molecule has 1 aromatic rings. The number of aliphatic imine (C=N–C) groups is 1. The quantitative estimate of drug-likeness (QED) is 0.643. The third kappa shape index (κ3) is 4.82. The molecule has 0 aromatic carbocycles. The molecule has 1 aromatic heterocycles. The van der Waals surface area contributed by atoms with Crippen LogP contribution in [-0.2, 0) is 12.8 Å². The number of hydrogen-bond acceptors (Lipinski definition) is 3. The van der Waals surface area contributed by atoms with Crippen molar-refractivity contribution < 1.29 is 0 Å². The number of nitrogens with two attached hydrogens (primary N) is 1. The van der Waals surface area contributed by atoms with Crippen LogP contribution in [0.3, 0.4) is 0 Å². The Labute approximate surface area is 119 Å². The minimum atomic E-state index is 0.531. The van der Waals surface area contributed by atoms with Crippen molar-refractivity contribution in [2.24, 2.45) is 10.7 Å². The van der Waals surface area contributed by atoms with Crippen molar-refractivity contribution >= 4 is 17.3 Å². The van der Waals surface area contributed by atoms with E-state index in [4.69, 9.17) is 5.73 Å². The monoisotopic (exact) mass is 280 g/mol. The zero-order valence-electron chi connectivity index (χ0n) is 11.7. The van der Waals surface area contributed by atoms with E-state index in [-0.39, 0.29) is 0 Å². The van der Waals surface area contributed by atoms with Crippen molar-refractivity contribution in [3.8, 4) is 0 Å². The van der Waals surface area contributed by atoms with Crippen LogP contribution in [0.25, 0.3) is 0 Å². The van der Waals surface area contributed by atoms with Crippen molar-refractivity contribution in [3.05, 3.63) is 16.1 Å². The van der Waals surface area contributed by atoms with Gasteiger partial charge in [0, 0.05) is 24.4 Å². The highest BCUT2D eigenvalue weighted by Crippen LogP contribution is 2.17. The second-order valence-electron chi connectivity index (χ2n) is 5.08. The summed E-state index contributed by atoms with van der Waals surface area (Å²) in [7, 11) is 0. The van der Waals surface area contributed by atoms with Crippen LogP contribution in [0, 0.1) is 0 Å². The third-order valence-electron chi connectivity index (χ3n) is 3.51. The molecule has 19 heavy (non-hydrogen) atoms. The Hall–Kier alpha value is -1.10. The van der Waals surface area contributed by atoms with E-state index < -0.39 is 0 Å².